The fourth-order valence-corrected chi connectivity index (χ4v) is 6.35. The van der Waals surface area contributed by atoms with Crippen molar-refractivity contribution in [2.75, 3.05) is 5.32 Å². The first-order valence-electron chi connectivity index (χ1n) is 10.7. The van der Waals surface area contributed by atoms with Gasteiger partial charge in [0.15, 0.2) is 0 Å². The maximum absolute atomic E-state index is 13.3. The number of nitrogens with one attached hydrogen (secondary N) is 1. The second-order valence-electron chi connectivity index (χ2n) is 7.90. The van der Waals surface area contributed by atoms with Crippen molar-refractivity contribution in [3.05, 3.63) is 81.2 Å². The van der Waals surface area contributed by atoms with Crippen molar-refractivity contribution in [3.63, 3.8) is 0 Å². The molecule has 0 radical (unpaired) electrons. The summed E-state index contributed by atoms with van der Waals surface area (Å²) in [4.78, 5) is 35.1. The summed E-state index contributed by atoms with van der Waals surface area (Å²) in [5, 5.41) is 3.70. The van der Waals surface area contributed by atoms with Gasteiger partial charge in [-0.05, 0) is 62.4 Å². The fraction of sp³-hybridized carbons (Fsp3) is 0.240. The molecule has 4 aromatic rings. The van der Waals surface area contributed by atoms with E-state index in [0.29, 0.717) is 11.2 Å². The van der Waals surface area contributed by atoms with Gasteiger partial charge in [-0.25, -0.2) is 4.98 Å². The smallest absolute Gasteiger partial charge is 0.263 e. The largest absolute Gasteiger partial charge is 0.323 e. The SMILES string of the molecule is Cc1nc2sc3c(c2c(=O)n1CC(=O)Nc1ccccc1Sc1ccccc1)CCCC3. The van der Waals surface area contributed by atoms with E-state index in [4.69, 9.17) is 0 Å². The molecule has 1 N–H and O–H groups in total. The Morgan fingerprint density at radius 1 is 1.09 bits per heavy atom. The van der Waals surface area contributed by atoms with Gasteiger partial charge in [0, 0.05) is 14.7 Å². The minimum Gasteiger partial charge on any atom is -0.323 e. The van der Waals surface area contributed by atoms with Gasteiger partial charge in [-0.1, -0.05) is 42.1 Å². The summed E-state index contributed by atoms with van der Waals surface area (Å²) in [5.41, 5.74) is 1.78. The zero-order chi connectivity index (χ0) is 22.1. The quantitative estimate of drug-likeness (QED) is 0.430. The molecule has 1 aliphatic carbocycles. The number of hydrogen-bond acceptors (Lipinski definition) is 5. The van der Waals surface area contributed by atoms with E-state index in [2.05, 4.69) is 10.3 Å². The minimum absolute atomic E-state index is 0.0530. The third-order valence-corrected chi connectivity index (χ3v) is 7.97. The van der Waals surface area contributed by atoms with Crippen LogP contribution >= 0.6 is 23.1 Å². The van der Waals surface area contributed by atoms with E-state index in [0.717, 1.165) is 51.6 Å². The zero-order valence-corrected chi connectivity index (χ0v) is 19.4. The van der Waals surface area contributed by atoms with Crippen molar-refractivity contribution in [2.24, 2.45) is 0 Å². The third-order valence-electron chi connectivity index (χ3n) is 5.70. The second-order valence-corrected chi connectivity index (χ2v) is 10.1. The molecule has 2 heterocycles. The summed E-state index contributed by atoms with van der Waals surface area (Å²) in [5.74, 6) is 0.338. The molecule has 5 rings (SSSR count). The molecule has 0 unspecified atom stereocenters. The number of aryl methyl sites for hydroxylation is 3. The summed E-state index contributed by atoms with van der Waals surface area (Å²) in [6.07, 6.45) is 4.20. The van der Waals surface area contributed by atoms with Crippen molar-refractivity contribution in [2.45, 2.75) is 48.9 Å². The van der Waals surface area contributed by atoms with E-state index in [1.807, 2.05) is 54.6 Å². The van der Waals surface area contributed by atoms with E-state index >= 15 is 0 Å². The molecule has 0 bridgehead atoms. The van der Waals surface area contributed by atoms with Crippen LogP contribution < -0.4 is 10.9 Å². The number of carbonyl (C=O) groups excluding carboxylic acids is 1. The number of fused-ring (bicyclic) bond motifs is 3. The number of benzene rings is 2. The van der Waals surface area contributed by atoms with Crippen LogP contribution in [0, 0.1) is 6.92 Å². The number of anilines is 1. The Morgan fingerprint density at radius 2 is 1.84 bits per heavy atom. The van der Waals surface area contributed by atoms with Gasteiger partial charge >= 0.3 is 0 Å². The Bertz CT molecular complexity index is 1360. The van der Waals surface area contributed by atoms with Crippen molar-refractivity contribution in [1.82, 2.24) is 9.55 Å². The highest BCUT2D eigenvalue weighted by Gasteiger charge is 2.22. The number of carbonyl (C=O) groups is 1. The number of aromatic nitrogens is 2. The lowest BCUT2D eigenvalue weighted by Crippen LogP contribution is -2.30. The highest BCUT2D eigenvalue weighted by molar-refractivity contribution is 7.99. The van der Waals surface area contributed by atoms with Crippen molar-refractivity contribution in [3.8, 4) is 0 Å². The van der Waals surface area contributed by atoms with E-state index in [1.165, 1.54) is 9.44 Å². The molecule has 2 aromatic carbocycles. The molecular weight excluding hydrogens is 438 g/mol. The maximum atomic E-state index is 13.3. The first kappa shape index (κ1) is 21.0. The Hall–Kier alpha value is -2.90. The van der Waals surface area contributed by atoms with Gasteiger partial charge in [-0.2, -0.15) is 0 Å². The molecule has 0 atom stereocenters. The van der Waals surface area contributed by atoms with Crippen LogP contribution in [-0.4, -0.2) is 15.5 Å². The maximum Gasteiger partial charge on any atom is 0.263 e. The Morgan fingerprint density at radius 3 is 2.69 bits per heavy atom. The van der Waals surface area contributed by atoms with Crippen LogP contribution in [0.5, 0.6) is 0 Å². The Kier molecular flexibility index (Phi) is 5.85. The van der Waals surface area contributed by atoms with E-state index in [9.17, 15) is 9.59 Å². The van der Waals surface area contributed by atoms with Crippen molar-refractivity contribution in [1.29, 1.82) is 0 Å². The predicted octanol–water partition coefficient (Wildman–Crippen LogP) is 5.44. The molecule has 2 aromatic heterocycles. The number of rotatable bonds is 5. The molecule has 0 spiro atoms. The van der Waals surface area contributed by atoms with Gasteiger partial charge < -0.3 is 5.32 Å². The molecule has 162 valence electrons. The van der Waals surface area contributed by atoms with Crippen LogP contribution in [0.25, 0.3) is 10.2 Å². The molecular formula is C25H23N3O2S2. The van der Waals surface area contributed by atoms with Crippen molar-refractivity contribution >= 4 is 44.9 Å². The number of para-hydroxylation sites is 1. The van der Waals surface area contributed by atoms with Crippen LogP contribution in [0.3, 0.4) is 0 Å². The fourth-order valence-electron chi connectivity index (χ4n) is 4.13. The normalized spacial score (nSPS) is 13.2. The summed E-state index contributed by atoms with van der Waals surface area (Å²) in [6, 6.07) is 17.7. The van der Waals surface area contributed by atoms with E-state index in [1.54, 1.807) is 30.0 Å². The first-order valence-corrected chi connectivity index (χ1v) is 12.4. The van der Waals surface area contributed by atoms with Gasteiger partial charge in [0.2, 0.25) is 5.91 Å². The molecule has 7 heteroatoms. The lowest BCUT2D eigenvalue weighted by molar-refractivity contribution is -0.116. The molecule has 32 heavy (non-hydrogen) atoms. The monoisotopic (exact) mass is 461 g/mol. The Labute approximate surface area is 194 Å². The molecule has 0 saturated carbocycles. The van der Waals surface area contributed by atoms with Crippen LogP contribution in [-0.2, 0) is 24.2 Å². The molecule has 5 nitrogen and oxygen atoms in total. The molecule has 1 aliphatic rings. The van der Waals surface area contributed by atoms with Crippen molar-refractivity contribution < 1.29 is 4.79 Å². The van der Waals surface area contributed by atoms with Crippen LogP contribution in [0.1, 0.15) is 29.1 Å². The predicted molar refractivity (Wildman–Crippen MR) is 131 cm³/mol. The first-order chi connectivity index (χ1) is 15.6. The van der Waals surface area contributed by atoms with E-state index < -0.39 is 0 Å². The average Bonchev–Trinajstić information content (AvgIpc) is 3.17. The standard InChI is InChI=1S/C25H23N3O2S2/c1-16-26-24-23(18-11-5-7-13-20(18)32-24)25(30)28(16)15-22(29)27-19-12-6-8-14-21(19)31-17-9-3-2-4-10-17/h2-4,6,8-10,12,14H,5,7,11,13,15H2,1H3,(H,27,29). The summed E-state index contributed by atoms with van der Waals surface area (Å²) in [7, 11) is 0. The highest BCUT2D eigenvalue weighted by Crippen LogP contribution is 2.34. The van der Waals surface area contributed by atoms with Crippen LogP contribution in [0.2, 0.25) is 0 Å². The van der Waals surface area contributed by atoms with Gasteiger partial charge in [-0.15, -0.1) is 11.3 Å². The summed E-state index contributed by atoms with van der Waals surface area (Å²) < 4.78 is 1.51. The van der Waals surface area contributed by atoms with Gasteiger partial charge in [0.05, 0.1) is 11.1 Å². The number of nitrogens with zero attached hydrogens (tertiary/aromatic N) is 2. The summed E-state index contributed by atoms with van der Waals surface area (Å²) in [6.45, 7) is 1.74. The second kappa shape index (κ2) is 8.92. The van der Waals surface area contributed by atoms with Crippen LogP contribution in [0.4, 0.5) is 5.69 Å². The van der Waals surface area contributed by atoms with Crippen LogP contribution in [0.15, 0.2) is 69.2 Å². The number of thiophene rings is 1. The van der Waals surface area contributed by atoms with E-state index in [-0.39, 0.29) is 18.0 Å². The topological polar surface area (TPSA) is 64.0 Å². The molecule has 0 saturated heterocycles. The number of hydrogen-bond donors (Lipinski definition) is 1. The Balaban J connectivity index is 1.41. The van der Waals surface area contributed by atoms with Gasteiger partial charge in [0.1, 0.15) is 17.2 Å². The lowest BCUT2D eigenvalue weighted by atomic mass is 9.97. The zero-order valence-electron chi connectivity index (χ0n) is 17.8. The number of amides is 1. The molecule has 0 aliphatic heterocycles. The highest BCUT2D eigenvalue weighted by atomic mass is 32.2. The molecule has 0 fully saturated rings. The van der Waals surface area contributed by atoms with Gasteiger partial charge in [0.25, 0.3) is 5.56 Å². The lowest BCUT2D eigenvalue weighted by Gasteiger charge is -2.13. The van der Waals surface area contributed by atoms with Gasteiger partial charge in [-0.3, -0.25) is 14.2 Å². The minimum atomic E-state index is -0.235. The summed E-state index contributed by atoms with van der Waals surface area (Å²) >= 11 is 3.23. The average molecular weight is 462 g/mol. The molecule has 1 amide bonds. The third kappa shape index (κ3) is 4.10.